The maximum atomic E-state index is 12.9. The number of phenolic OH excluding ortho intramolecular Hbond substituents is 2. The fraction of sp³-hybridized carbons (Fsp3) is 0.364. The lowest BCUT2D eigenvalue weighted by molar-refractivity contribution is -0.133. The minimum Gasteiger partial charge on any atom is -0.508 e. The number of amides is 2. The highest BCUT2D eigenvalue weighted by Crippen LogP contribution is 2.33. The van der Waals surface area contributed by atoms with Gasteiger partial charge < -0.3 is 31.9 Å². The molecule has 0 spiro atoms. The number of rotatable bonds is 7. The number of primary amides is 1. The van der Waals surface area contributed by atoms with Gasteiger partial charge in [0.15, 0.2) is 0 Å². The Hall–Kier alpha value is -3.15. The van der Waals surface area contributed by atoms with E-state index in [4.69, 9.17) is 11.5 Å². The highest BCUT2D eigenvalue weighted by atomic mass is 32.2. The predicted octanol–water partition coefficient (Wildman–Crippen LogP) is 0.352. The van der Waals surface area contributed by atoms with E-state index >= 15 is 0 Å². The molecule has 1 unspecified atom stereocenters. The zero-order valence-corrected chi connectivity index (χ0v) is 18.8. The van der Waals surface area contributed by atoms with Crippen LogP contribution in [0, 0.1) is 0 Å². The van der Waals surface area contributed by atoms with Gasteiger partial charge in [-0.3, -0.25) is 9.59 Å². The summed E-state index contributed by atoms with van der Waals surface area (Å²) in [5.41, 5.74) is 13.9. The average molecular weight is 474 g/mol. The van der Waals surface area contributed by atoms with Gasteiger partial charge >= 0.3 is 0 Å². The number of anilines is 1. The Morgan fingerprint density at radius 1 is 1.15 bits per heavy atom. The molecular formula is C22H27N5O5S. The van der Waals surface area contributed by atoms with Crippen LogP contribution in [0.25, 0.3) is 0 Å². The van der Waals surface area contributed by atoms with Gasteiger partial charge in [0, 0.05) is 44.0 Å². The Morgan fingerprint density at radius 3 is 2.64 bits per heavy atom. The van der Waals surface area contributed by atoms with Crippen molar-refractivity contribution >= 4 is 28.5 Å². The largest absolute Gasteiger partial charge is 0.508 e. The molecule has 0 aromatic heterocycles. The summed E-state index contributed by atoms with van der Waals surface area (Å²) in [6, 6.07) is 9.10. The van der Waals surface area contributed by atoms with Crippen molar-refractivity contribution in [3.8, 4) is 11.5 Å². The number of aromatic hydroxyl groups is 2. The SMILES string of the molecule is NC(=O)C[C@H](N)C(=O)N1CC[C@H](Nc2ccc3c(c2)CN(S(=O)c2ccc(O)cc2O)C3)C1. The van der Waals surface area contributed by atoms with E-state index in [0.29, 0.717) is 26.2 Å². The first-order valence-electron chi connectivity index (χ1n) is 10.6. The monoisotopic (exact) mass is 473 g/mol. The summed E-state index contributed by atoms with van der Waals surface area (Å²) in [5.74, 6) is -1.17. The summed E-state index contributed by atoms with van der Waals surface area (Å²) >= 11 is 0. The summed E-state index contributed by atoms with van der Waals surface area (Å²) in [6.45, 7) is 1.97. The van der Waals surface area contributed by atoms with E-state index in [0.717, 1.165) is 23.2 Å². The van der Waals surface area contributed by atoms with Crippen LogP contribution in [0.15, 0.2) is 41.3 Å². The van der Waals surface area contributed by atoms with Crippen LogP contribution in [0.4, 0.5) is 5.69 Å². The molecule has 2 aromatic carbocycles. The smallest absolute Gasteiger partial charge is 0.240 e. The first-order valence-corrected chi connectivity index (χ1v) is 11.7. The molecule has 0 aliphatic carbocycles. The maximum absolute atomic E-state index is 12.9. The van der Waals surface area contributed by atoms with Crippen molar-refractivity contribution in [2.75, 3.05) is 18.4 Å². The molecule has 3 atom stereocenters. The minimum absolute atomic E-state index is 0.0494. The Morgan fingerprint density at radius 2 is 1.91 bits per heavy atom. The van der Waals surface area contributed by atoms with E-state index in [1.54, 1.807) is 9.21 Å². The van der Waals surface area contributed by atoms with Gasteiger partial charge in [-0.2, -0.15) is 0 Å². The molecular weight excluding hydrogens is 446 g/mol. The predicted molar refractivity (Wildman–Crippen MR) is 122 cm³/mol. The third-order valence-electron chi connectivity index (χ3n) is 5.87. The Labute approximate surface area is 193 Å². The quantitative estimate of drug-likeness (QED) is 0.387. The second-order valence-electron chi connectivity index (χ2n) is 8.37. The molecule has 2 amide bonds. The van der Waals surface area contributed by atoms with Crippen LogP contribution in [0.2, 0.25) is 0 Å². The van der Waals surface area contributed by atoms with Crippen LogP contribution in [-0.4, -0.2) is 60.6 Å². The molecule has 2 aromatic rings. The van der Waals surface area contributed by atoms with E-state index < -0.39 is 22.9 Å². The summed E-state index contributed by atoms with van der Waals surface area (Å²) in [4.78, 5) is 25.3. The van der Waals surface area contributed by atoms with Crippen molar-refractivity contribution < 1.29 is 24.0 Å². The molecule has 10 nitrogen and oxygen atoms in total. The first kappa shape index (κ1) is 23.0. The summed E-state index contributed by atoms with van der Waals surface area (Å²) < 4.78 is 14.7. The van der Waals surface area contributed by atoms with Crippen molar-refractivity contribution in [1.82, 2.24) is 9.21 Å². The van der Waals surface area contributed by atoms with Gasteiger partial charge in [-0.25, -0.2) is 8.51 Å². The number of carbonyl (C=O) groups excluding carboxylic acids is 2. The molecule has 1 fully saturated rings. The summed E-state index contributed by atoms with van der Waals surface area (Å²) in [6.07, 6.45) is 0.584. The highest BCUT2D eigenvalue weighted by Gasteiger charge is 2.31. The summed E-state index contributed by atoms with van der Waals surface area (Å²) in [5, 5.41) is 22.9. The zero-order chi connectivity index (χ0) is 23.7. The number of hydrogen-bond acceptors (Lipinski definition) is 7. The van der Waals surface area contributed by atoms with Gasteiger partial charge in [0.25, 0.3) is 0 Å². The Balaban J connectivity index is 1.37. The summed E-state index contributed by atoms with van der Waals surface area (Å²) in [7, 11) is -1.57. The zero-order valence-electron chi connectivity index (χ0n) is 17.9. The average Bonchev–Trinajstić information content (AvgIpc) is 3.39. The third kappa shape index (κ3) is 5.10. The van der Waals surface area contributed by atoms with Crippen molar-refractivity contribution in [2.45, 2.75) is 42.9 Å². The van der Waals surface area contributed by atoms with E-state index in [-0.39, 0.29) is 34.8 Å². The highest BCUT2D eigenvalue weighted by molar-refractivity contribution is 7.82. The number of benzene rings is 2. The van der Waals surface area contributed by atoms with Crippen molar-refractivity contribution in [3.63, 3.8) is 0 Å². The molecule has 0 radical (unpaired) electrons. The van der Waals surface area contributed by atoms with E-state index in [2.05, 4.69) is 5.32 Å². The third-order valence-corrected chi connectivity index (χ3v) is 7.32. The molecule has 4 rings (SSSR count). The lowest BCUT2D eigenvalue weighted by atomic mass is 10.1. The van der Waals surface area contributed by atoms with Crippen LogP contribution in [0.3, 0.4) is 0 Å². The maximum Gasteiger partial charge on any atom is 0.240 e. The van der Waals surface area contributed by atoms with Crippen molar-refractivity contribution in [2.24, 2.45) is 11.5 Å². The number of nitrogens with zero attached hydrogens (tertiary/aromatic N) is 2. The van der Waals surface area contributed by atoms with Gasteiger partial charge in [-0.1, -0.05) is 6.07 Å². The Kier molecular flexibility index (Phi) is 6.54. The lowest BCUT2D eigenvalue weighted by Gasteiger charge is -2.21. The van der Waals surface area contributed by atoms with Gasteiger partial charge in [-0.05, 0) is 41.8 Å². The molecule has 11 heteroatoms. The molecule has 33 heavy (non-hydrogen) atoms. The van der Waals surface area contributed by atoms with Crippen LogP contribution in [0.5, 0.6) is 11.5 Å². The van der Waals surface area contributed by atoms with Crippen LogP contribution in [0.1, 0.15) is 24.0 Å². The van der Waals surface area contributed by atoms with Crippen molar-refractivity contribution in [1.29, 1.82) is 0 Å². The van der Waals surface area contributed by atoms with Gasteiger partial charge in [-0.15, -0.1) is 0 Å². The molecule has 1 saturated heterocycles. The first-order chi connectivity index (χ1) is 15.7. The molecule has 0 saturated carbocycles. The number of nitrogens with one attached hydrogen (secondary N) is 1. The van der Waals surface area contributed by atoms with Crippen LogP contribution < -0.4 is 16.8 Å². The molecule has 2 aliphatic rings. The lowest BCUT2D eigenvalue weighted by Crippen LogP contribution is -2.45. The molecule has 2 heterocycles. The topological polar surface area (TPSA) is 162 Å². The van der Waals surface area contributed by atoms with Crippen molar-refractivity contribution in [3.05, 3.63) is 47.5 Å². The number of phenols is 2. The molecule has 176 valence electrons. The number of carbonyl (C=O) groups is 2. The Bertz CT molecular complexity index is 1110. The normalized spacial score (nSPS) is 19.8. The van der Waals surface area contributed by atoms with Gasteiger partial charge in [0.1, 0.15) is 22.5 Å². The van der Waals surface area contributed by atoms with E-state index in [1.165, 1.54) is 18.2 Å². The van der Waals surface area contributed by atoms with Crippen LogP contribution in [-0.2, 0) is 33.7 Å². The molecule has 2 aliphatic heterocycles. The number of likely N-dealkylation sites (tertiary alicyclic amines) is 1. The fourth-order valence-electron chi connectivity index (χ4n) is 4.22. The minimum atomic E-state index is -1.57. The molecule has 0 bridgehead atoms. The number of fused-ring (bicyclic) bond motifs is 1. The molecule has 7 N–H and O–H groups in total. The van der Waals surface area contributed by atoms with Gasteiger partial charge in [0.2, 0.25) is 11.8 Å². The fourth-order valence-corrected chi connectivity index (χ4v) is 5.43. The van der Waals surface area contributed by atoms with Gasteiger partial charge in [0.05, 0.1) is 17.4 Å². The number of nitrogens with two attached hydrogens (primary N) is 2. The van der Waals surface area contributed by atoms with E-state index in [1.807, 2.05) is 18.2 Å². The standard InChI is InChI=1S/C22H27N5O5S/c23-18(9-21(24)30)22(31)26-6-5-16(12-26)25-15-2-1-13-10-27(11-14(13)7-15)33(32)20-4-3-17(28)8-19(20)29/h1-4,7-8,16,18,25,28-29H,5-6,9-12,23H2,(H2,24,30)/t16-,18-,33?/m0/s1. The van der Waals surface area contributed by atoms with E-state index in [9.17, 15) is 24.0 Å². The van der Waals surface area contributed by atoms with Crippen LogP contribution >= 0.6 is 0 Å². The number of hydrogen-bond donors (Lipinski definition) is 5. The second kappa shape index (κ2) is 9.38. The second-order valence-corrected chi connectivity index (χ2v) is 9.83.